The Morgan fingerprint density at radius 3 is 2.15 bits per heavy atom. The Morgan fingerprint density at radius 2 is 1.52 bits per heavy atom. The molecule has 1 aromatic heterocycles. The summed E-state index contributed by atoms with van der Waals surface area (Å²) in [5.41, 5.74) is 1.79. The second-order valence-corrected chi connectivity index (χ2v) is 9.35. The summed E-state index contributed by atoms with van der Waals surface area (Å²) in [4.78, 5) is 52.5. The lowest BCUT2D eigenvalue weighted by Crippen LogP contribution is -2.42. The second kappa shape index (κ2) is 12.3. The van der Waals surface area contributed by atoms with Gasteiger partial charge in [0.15, 0.2) is 11.5 Å². The number of hydrogen-bond acceptors (Lipinski definition) is 6. The molecular weight excluding hydrogens is 512 g/mol. The average Bonchev–Trinajstić information content (AvgIpc) is 2.97. The van der Waals surface area contributed by atoms with Crippen LogP contribution >= 0.6 is 0 Å². The molecule has 0 aliphatic heterocycles. The van der Waals surface area contributed by atoms with Crippen molar-refractivity contribution in [1.29, 1.82) is 0 Å². The van der Waals surface area contributed by atoms with Crippen molar-refractivity contribution in [3.63, 3.8) is 0 Å². The van der Waals surface area contributed by atoms with Crippen molar-refractivity contribution >= 4 is 28.4 Å². The lowest BCUT2D eigenvalue weighted by molar-refractivity contribution is -0.116. The van der Waals surface area contributed by atoms with Crippen LogP contribution in [0, 0.1) is 6.92 Å². The molecule has 10 nitrogen and oxygen atoms in total. The third-order valence-corrected chi connectivity index (χ3v) is 6.46. The van der Waals surface area contributed by atoms with Gasteiger partial charge < -0.3 is 20.1 Å². The predicted octanol–water partition coefficient (Wildman–Crippen LogP) is 3.32. The van der Waals surface area contributed by atoms with Crippen LogP contribution < -0.4 is 31.4 Å². The fraction of sp³-hybridized carbons (Fsp3) is 0.267. The highest BCUT2D eigenvalue weighted by molar-refractivity contribution is 5.94. The number of ether oxygens (including phenoxy) is 2. The van der Waals surface area contributed by atoms with Gasteiger partial charge in [0.1, 0.15) is 6.54 Å². The first-order valence-corrected chi connectivity index (χ1v) is 12.9. The minimum absolute atomic E-state index is 0.0572. The number of carbonyl (C=O) groups is 2. The SMILES string of the molecule is CCCNC(=O)c1ccc(Cn2c(=O)c3cc(OC)c(OC)cc3n(CC(=O)Nc3ccc(C)cc3)c2=O)cc1. The van der Waals surface area contributed by atoms with E-state index in [-0.39, 0.29) is 29.9 Å². The highest BCUT2D eigenvalue weighted by atomic mass is 16.5. The van der Waals surface area contributed by atoms with Gasteiger partial charge in [-0.05, 0) is 49.2 Å². The standard InChI is InChI=1S/C30H32N4O6/c1-5-14-31-28(36)21-10-8-20(9-11-21)17-34-29(37)23-15-25(39-3)26(40-4)16-24(23)33(30(34)38)18-27(35)32-22-12-6-19(2)7-13-22/h6-13,15-16H,5,14,17-18H2,1-4H3,(H,31,36)(H,32,35). The van der Waals surface area contributed by atoms with Crippen LogP contribution in [-0.2, 0) is 17.9 Å². The molecule has 0 aliphatic rings. The molecule has 2 N–H and O–H groups in total. The smallest absolute Gasteiger partial charge is 0.332 e. The number of benzene rings is 3. The molecule has 0 radical (unpaired) electrons. The maximum atomic E-state index is 13.7. The Morgan fingerprint density at radius 1 is 0.875 bits per heavy atom. The summed E-state index contributed by atoms with van der Waals surface area (Å²) in [6, 6.07) is 17.0. The zero-order valence-corrected chi connectivity index (χ0v) is 22.9. The zero-order chi connectivity index (χ0) is 28.8. The van der Waals surface area contributed by atoms with Crippen molar-refractivity contribution < 1.29 is 19.1 Å². The van der Waals surface area contributed by atoms with Crippen molar-refractivity contribution in [3.05, 3.63) is 98.2 Å². The molecule has 0 saturated carbocycles. The predicted molar refractivity (Wildman–Crippen MR) is 154 cm³/mol. The third-order valence-electron chi connectivity index (χ3n) is 6.46. The van der Waals surface area contributed by atoms with Gasteiger partial charge in [-0.3, -0.25) is 23.5 Å². The first-order chi connectivity index (χ1) is 19.2. The molecule has 40 heavy (non-hydrogen) atoms. The molecule has 0 bridgehead atoms. The van der Waals surface area contributed by atoms with E-state index in [9.17, 15) is 19.2 Å². The minimum atomic E-state index is -0.659. The third kappa shape index (κ3) is 6.06. The number of hydrogen-bond donors (Lipinski definition) is 2. The molecule has 2 amide bonds. The molecule has 3 aromatic carbocycles. The molecule has 4 rings (SSSR count). The molecule has 10 heteroatoms. The first kappa shape index (κ1) is 28.2. The van der Waals surface area contributed by atoms with Gasteiger partial charge in [-0.2, -0.15) is 0 Å². The number of carbonyl (C=O) groups excluding carboxylic acids is 2. The van der Waals surface area contributed by atoms with Crippen LogP contribution in [0.25, 0.3) is 10.9 Å². The second-order valence-electron chi connectivity index (χ2n) is 9.35. The number of nitrogens with zero attached hydrogens (tertiary/aromatic N) is 2. The Hall–Kier alpha value is -4.86. The number of aryl methyl sites for hydroxylation is 1. The van der Waals surface area contributed by atoms with Gasteiger partial charge in [-0.15, -0.1) is 0 Å². The van der Waals surface area contributed by atoms with Gasteiger partial charge in [-0.25, -0.2) is 4.79 Å². The van der Waals surface area contributed by atoms with Crippen LogP contribution in [0.3, 0.4) is 0 Å². The number of fused-ring (bicyclic) bond motifs is 1. The molecule has 208 valence electrons. The number of aromatic nitrogens is 2. The minimum Gasteiger partial charge on any atom is -0.493 e. The quantitative estimate of drug-likeness (QED) is 0.316. The van der Waals surface area contributed by atoms with Crippen LogP contribution in [0.1, 0.15) is 34.8 Å². The molecule has 1 heterocycles. The Labute approximate surface area is 231 Å². The topological polar surface area (TPSA) is 121 Å². The van der Waals surface area contributed by atoms with Crippen molar-refractivity contribution in [2.75, 3.05) is 26.1 Å². The van der Waals surface area contributed by atoms with E-state index in [0.717, 1.165) is 16.6 Å². The van der Waals surface area contributed by atoms with E-state index in [1.807, 2.05) is 26.0 Å². The van der Waals surface area contributed by atoms with Gasteiger partial charge >= 0.3 is 5.69 Å². The maximum absolute atomic E-state index is 13.7. The first-order valence-electron chi connectivity index (χ1n) is 12.9. The number of rotatable bonds is 10. The molecule has 0 aliphatic carbocycles. The van der Waals surface area contributed by atoms with Crippen molar-refractivity contribution in [2.45, 2.75) is 33.4 Å². The van der Waals surface area contributed by atoms with Crippen LogP contribution in [0.15, 0.2) is 70.3 Å². The fourth-order valence-electron chi connectivity index (χ4n) is 4.30. The van der Waals surface area contributed by atoms with E-state index in [2.05, 4.69) is 10.6 Å². The van der Waals surface area contributed by atoms with Gasteiger partial charge in [0.05, 0.1) is 31.7 Å². The molecular formula is C30H32N4O6. The summed E-state index contributed by atoms with van der Waals surface area (Å²) in [5.74, 6) is 0.000484. The Kier molecular flexibility index (Phi) is 8.68. The molecule has 4 aromatic rings. The largest absolute Gasteiger partial charge is 0.493 e. The number of methoxy groups -OCH3 is 2. The molecule has 0 unspecified atom stereocenters. The normalized spacial score (nSPS) is 10.8. The van der Waals surface area contributed by atoms with Crippen LogP contribution in [0.2, 0.25) is 0 Å². The summed E-state index contributed by atoms with van der Waals surface area (Å²) in [6.45, 7) is 4.08. The summed E-state index contributed by atoms with van der Waals surface area (Å²) in [6.07, 6.45) is 0.820. The molecule has 0 fully saturated rings. The monoisotopic (exact) mass is 544 g/mol. The van der Waals surface area contributed by atoms with Crippen LogP contribution in [0.5, 0.6) is 11.5 Å². The molecule has 0 saturated heterocycles. The Balaban J connectivity index is 1.76. The summed E-state index contributed by atoms with van der Waals surface area (Å²) >= 11 is 0. The summed E-state index contributed by atoms with van der Waals surface area (Å²) in [7, 11) is 2.90. The fourth-order valence-corrected chi connectivity index (χ4v) is 4.30. The molecule has 0 atom stereocenters. The lowest BCUT2D eigenvalue weighted by atomic mass is 10.1. The number of amides is 2. The van der Waals surface area contributed by atoms with Gasteiger partial charge in [0, 0.05) is 23.9 Å². The van der Waals surface area contributed by atoms with Crippen molar-refractivity contribution in [2.24, 2.45) is 0 Å². The number of nitrogens with one attached hydrogen (secondary N) is 2. The van der Waals surface area contributed by atoms with Gasteiger partial charge in [-0.1, -0.05) is 36.8 Å². The van der Waals surface area contributed by atoms with E-state index in [1.54, 1.807) is 36.4 Å². The van der Waals surface area contributed by atoms with E-state index in [1.165, 1.54) is 30.9 Å². The number of anilines is 1. The average molecular weight is 545 g/mol. The van der Waals surface area contributed by atoms with E-state index < -0.39 is 17.2 Å². The van der Waals surface area contributed by atoms with Crippen molar-refractivity contribution in [1.82, 2.24) is 14.5 Å². The van der Waals surface area contributed by atoms with Crippen LogP contribution in [-0.4, -0.2) is 41.7 Å². The Bertz CT molecular complexity index is 1650. The lowest BCUT2D eigenvalue weighted by Gasteiger charge is -2.16. The van der Waals surface area contributed by atoms with Crippen molar-refractivity contribution in [3.8, 4) is 11.5 Å². The van der Waals surface area contributed by atoms with E-state index >= 15 is 0 Å². The molecule has 0 spiro atoms. The van der Waals surface area contributed by atoms with E-state index in [0.29, 0.717) is 34.9 Å². The summed E-state index contributed by atoms with van der Waals surface area (Å²) in [5, 5.41) is 5.80. The summed E-state index contributed by atoms with van der Waals surface area (Å²) < 4.78 is 13.1. The van der Waals surface area contributed by atoms with Crippen LogP contribution in [0.4, 0.5) is 5.69 Å². The zero-order valence-electron chi connectivity index (χ0n) is 22.9. The van der Waals surface area contributed by atoms with Gasteiger partial charge in [0.25, 0.3) is 11.5 Å². The van der Waals surface area contributed by atoms with Gasteiger partial charge in [0.2, 0.25) is 5.91 Å². The highest BCUT2D eigenvalue weighted by Gasteiger charge is 2.19. The highest BCUT2D eigenvalue weighted by Crippen LogP contribution is 2.30. The van der Waals surface area contributed by atoms with E-state index in [4.69, 9.17) is 9.47 Å². The maximum Gasteiger partial charge on any atom is 0.332 e.